The van der Waals surface area contributed by atoms with Crippen molar-refractivity contribution in [3.8, 4) is 0 Å². The first kappa shape index (κ1) is 15.6. The van der Waals surface area contributed by atoms with Gasteiger partial charge in [0.25, 0.3) is 0 Å². The molecule has 0 aliphatic carbocycles. The number of rotatable bonds is 8. The molecule has 0 aromatic carbocycles. The zero-order chi connectivity index (χ0) is 14.3. The molecule has 1 atom stereocenters. The van der Waals surface area contributed by atoms with Gasteiger partial charge in [0.1, 0.15) is 11.9 Å². The second-order valence-corrected chi connectivity index (χ2v) is 4.77. The number of nitrogens with zero attached hydrogens (tertiary/aromatic N) is 3. The van der Waals surface area contributed by atoms with Gasteiger partial charge in [-0.15, -0.1) is 0 Å². The standard InChI is InChI=1S/C14H23N3O2/c1-4-6-7-17(11(3)5-2)9-13-12(14(18)19)8-15-10-16-13/h8,10-11H,4-7,9H2,1-3H3,(H,18,19). The Morgan fingerprint density at radius 1 is 1.47 bits per heavy atom. The van der Waals surface area contributed by atoms with Crippen LogP contribution in [0.2, 0.25) is 0 Å². The van der Waals surface area contributed by atoms with Crippen molar-refractivity contribution >= 4 is 5.97 Å². The minimum Gasteiger partial charge on any atom is -0.478 e. The molecule has 0 bridgehead atoms. The van der Waals surface area contributed by atoms with Crippen LogP contribution in [0.15, 0.2) is 12.5 Å². The van der Waals surface area contributed by atoms with Crippen LogP contribution < -0.4 is 0 Å². The Labute approximate surface area is 114 Å². The van der Waals surface area contributed by atoms with Crippen molar-refractivity contribution in [2.45, 2.75) is 52.6 Å². The van der Waals surface area contributed by atoms with Crippen LogP contribution in [0.4, 0.5) is 0 Å². The van der Waals surface area contributed by atoms with Gasteiger partial charge in [-0.3, -0.25) is 4.90 Å². The Morgan fingerprint density at radius 2 is 2.21 bits per heavy atom. The summed E-state index contributed by atoms with van der Waals surface area (Å²) in [5.74, 6) is -0.963. The minimum absolute atomic E-state index is 0.201. The van der Waals surface area contributed by atoms with Gasteiger partial charge < -0.3 is 5.11 Å². The summed E-state index contributed by atoms with van der Waals surface area (Å²) in [6.07, 6.45) is 6.06. The second kappa shape index (κ2) is 7.84. The summed E-state index contributed by atoms with van der Waals surface area (Å²) in [6, 6.07) is 0.420. The van der Waals surface area contributed by atoms with Crippen LogP contribution in [0.25, 0.3) is 0 Å². The summed E-state index contributed by atoms with van der Waals surface area (Å²) < 4.78 is 0. The Bertz CT molecular complexity index is 409. The van der Waals surface area contributed by atoms with Gasteiger partial charge in [0, 0.05) is 18.8 Å². The van der Waals surface area contributed by atoms with Crippen molar-refractivity contribution in [1.82, 2.24) is 14.9 Å². The monoisotopic (exact) mass is 265 g/mol. The molecule has 106 valence electrons. The van der Waals surface area contributed by atoms with Crippen molar-refractivity contribution in [2.24, 2.45) is 0 Å². The molecule has 1 heterocycles. The van der Waals surface area contributed by atoms with Crippen LogP contribution in [0.3, 0.4) is 0 Å². The van der Waals surface area contributed by atoms with E-state index in [2.05, 4.69) is 35.6 Å². The highest BCUT2D eigenvalue weighted by molar-refractivity contribution is 5.88. The van der Waals surface area contributed by atoms with E-state index in [9.17, 15) is 4.79 Å². The molecule has 0 saturated carbocycles. The Hall–Kier alpha value is -1.49. The fourth-order valence-corrected chi connectivity index (χ4v) is 1.93. The predicted octanol–water partition coefficient (Wildman–Crippen LogP) is 2.58. The summed E-state index contributed by atoms with van der Waals surface area (Å²) in [5.41, 5.74) is 0.797. The summed E-state index contributed by atoms with van der Waals surface area (Å²) in [7, 11) is 0. The maximum absolute atomic E-state index is 11.2. The Morgan fingerprint density at radius 3 is 2.79 bits per heavy atom. The van der Waals surface area contributed by atoms with Crippen molar-refractivity contribution in [3.63, 3.8) is 0 Å². The van der Waals surface area contributed by atoms with Gasteiger partial charge in [0.15, 0.2) is 0 Å². The summed E-state index contributed by atoms with van der Waals surface area (Å²) in [5, 5.41) is 9.15. The highest BCUT2D eigenvalue weighted by atomic mass is 16.4. The van der Waals surface area contributed by atoms with Gasteiger partial charge in [-0.1, -0.05) is 20.3 Å². The van der Waals surface area contributed by atoms with E-state index >= 15 is 0 Å². The van der Waals surface area contributed by atoms with Gasteiger partial charge in [-0.25, -0.2) is 14.8 Å². The van der Waals surface area contributed by atoms with Gasteiger partial charge in [-0.05, 0) is 26.3 Å². The number of aromatic carboxylic acids is 1. The highest BCUT2D eigenvalue weighted by Crippen LogP contribution is 2.13. The summed E-state index contributed by atoms with van der Waals surface area (Å²) >= 11 is 0. The lowest BCUT2D eigenvalue weighted by Gasteiger charge is -2.28. The van der Waals surface area contributed by atoms with E-state index in [-0.39, 0.29) is 5.56 Å². The zero-order valence-corrected chi connectivity index (χ0v) is 12.0. The third kappa shape index (κ3) is 4.59. The van der Waals surface area contributed by atoms with Crippen molar-refractivity contribution in [3.05, 3.63) is 23.8 Å². The SMILES string of the molecule is CCCCN(Cc1ncncc1C(=O)O)C(C)CC. The van der Waals surface area contributed by atoms with Crippen LogP contribution in [0.5, 0.6) is 0 Å². The van der Waals surface area contributed by atoms with Crippen LogP contribution in [0, 0.1) is 0 Å². The molecule has 0 aliphatic rings. The quantitative estimate of drug-likeness (QED) is 0.782. The molecular weight excluding hydrogens is 242 g/mol. The first-order valence-electron chi connectivity index (χ1n) is 6.86. The normalized spacial score (nSPS) is 12.6. The third-order valence-electron chi connectivity index (χ3n) is 3.39. The van der Waals surface area contributed by atoms with E-state index in [0.717, 1.165) is 25.8 Å². The van der Waals surface area contributed by atoms with Gasteiger partial charge >= 0.3 is 5.97 Å². The first-order chi connectivity index (χ1) is 9.10. The molecule has 0 amide bonds. The van der Waals surface area contributed by atoms with Crippen LogP contribution in [0.1, 0.15) is 56.1 Å². The average Bonchev–Trinajstić information content (AvgIpc) is 2.42. The second-order valence-electron chi connectivity index (χ2n) is 4.77. The average molecular weight is 265 g/mol. The lowest BCUT2D eigenvalue weighted by molar-refractivity contribution is 0.0692. The molecule has 1 rings (SSSR count). The number of carbonyl (C=O) groups is 1. The van der Waals surface area contributed by atoms with Crippen LogP contribution in [-0.2, 0) is 6.54 Å². The topological polar surface area (TPSA) is 66.3 Å². The molecule has 1 unspecified atom stereocenters. The molecule has 0 saturated heterocycles. The van der Waals surface area contributed by atoms with E-state index in [1.165, 1.54) is 12.5 Å². The Balaban J connectivity index is 2.86. The summed E-state index contributed by atoms with van der Waals surface area (Å²) in [6.45, 7) is 7.99. The lowest BCUT2D eigenvalue weighted by atomic mass is 10.1. The highest BCUT2D eigenvalue weighted by Gasteiger charge is 2.17. The van der Waals surface area contributed by atoms with E-state index in [0.29, 0.717) is 18.3 Å². The molecule has 5 nitrogen and oxygen atoms in total. The molecule has 0 aliphatic heterocycles. The first-order valence-corrected chi connectivity index (χ1v) is 6.86. The lowest BCUT2D eigenvalue weighted by Crippen LogP contribution is -2.34. The van der Waals surface area contributed by atoms with Crippen LogP contribution in [-0.4, -0.2) is 38.5 Å². The molecular formula is C14H23N3O2. The van der Waals surface area contributed by atoms with Crippen molar-refractivity contribution < 1.29 is 9.90 Å². The largest absolute Gasteiger partial charge is 0.478 e. The molecule has 0 spiro atoms. The molecule has 0 radical (unpaired) electrons. The van der Waals surface area contributed by atoms with Gasteiger partial charge in [0.05, 0.1) is 5.69 Å². The van der Waals surface area contributed by atoms with E-state index in [4.69, 9.17) is 5.11 Å². The third-order valence-corrected chi connectivity index (χ3v) is 3.39. The predicted molar refractivity (Wildman–Crippen MR) is 74.1 cm³/mol. The number of unbranched alkanes of at least 4 members (excludes halogenated alkanes) is 1. The van der Waals surface area contributed by atoms with Gasteiger partial charge in [0.2, 0.25) is 0 Å². The van der Waals surface area contributed by atoms with Crippen LogP contribution >= 0.6 is 0 Å². The van der Waals surface area contributed by atoms with Crippen molar-refractivity contribution in [1.29, 1.82) is 0 Å². The van der Waals surface area contributed by atoms with E-state index in [1.807, 2.05) is 0 Å². The smallest absolute Gasteiger partial charge is 0.339 e. The molecule has 5 heteroatoms. The number of hydrogen-bond acceptors (Lipinski definition) is 4. The zero-order valence-electron chi connectivity index (χ0n) is 12.0. The number of aromatic nitrogens is 2. The number of carboxylic acids is 1. The summed E-state index contributed by atoms with van der Waals surface area (Å²) in [4.78, 5) is 21.4. The van der Waals surface area contributed by atoms with E-state index < -0.39 is 5.97 Å². The maximum Gasteiger partial charge on any atom is 0.339 e. The fraction of sp³-hybridized carbons (Fsp3) is 0.643. The maximum atomic E-state index is 11.2. The minimum atomic E-state index is -0.963. The molecule has 0 fully saturated rings. The molecule has 19 heavy (non-hydrogen) atoms. The van der Waals surface area contributed by atoms with Crippen molar-refractivity contribution in [2.75, 3.05) is 6.54 Å². The fourth-order valence-electron chi connectivity index (χ4n) is 1.93. The molecule has 1 N–H and O–H groups in total. The molecule has 1 aromatic rings. The van der Waals surface area contributed by atoms with E-state index in [1.54, 1.807) is 0 Å². The Kier molecular flexibility index (Phi) is 6.42. The number of carboxylic acid groups (broad SMARTS) is 1. The number of hydrogen-bond donors (Lipinski definition) is 1. The van der Waals surface area contributed by atoms with Gasteiger partial charge in [-0.2, -0.15) is 0 Å². The molecule has 1 aromatic heterocycles.